The van der Waals surface area contributed by atoms with E-state index in [4.69, 9.17) is 0 Å². The van der Waals surface area contributed by atoms with Crippen LogP contribution in [0.3, 0.4) is 0 Å². The fourth-order valence-corrected chi connectivity index (χ4v) is 3.01. The maximum atomic E-state index is 12.9. The number of halogens is 1. The SMILES string of the molecule is O=C1S/C(=C/c2cccc(O)c2)C(=O)N1Cc1ccc(F)cc1. The second-order valence-electron chi connectivity index (χ2n) is 4.99. The molecule has 0 aromatic heterocycles. The molecule has 2 aromatic carbocycles. The summed E-state index contributed by atoms with van der Waals surface area (Å²) in [6, 6.07) is 12.1. The lowest BCUT2D eigenvalue weighted by atomic mass is 10.2. The quantitative estimate of drug-likeness (QED) is 0.871. The van der Waals surface area contributed by atoms with Gasteiger partial charge in [-0.1, -0.05) is 24.3 Å². The average Bonchev–Trinajstić information content (AvgIpc) is 2.77. The van der Waals surface area contributed by atoms with Gasteiger partial charge in [-0.15, -0.1) is 0 Å². The Morgan fingerprint density at radius 2 is 1.87 bits per heavy atom. The van der Waals surface area contributed by atoms with Crippen LogP contribution in [0.2, 0.25) is 0 Å². The fourth-order valence-electron chi connectivity index (χ4n) is 2.17. The summed E-state index contributed by atoms with van der Waals surface area (Å²) in [5, 5.41) is 9.08. The Bertz CT molecular complexity index is 802. The summed E-state index contributed by atoms with van der Waals surface area (Å²) in [7, 11) is 0. The van der Waals surface area contributed by atoms with E-state index in [1.54, 1.807) is 18.2 Å². The zero-order chi connectivity index (χ0) is 16.4. The van der Waals surface area contributed by atoms with Crippen molar-refractivity contribution < 1.29 is 19.1 Å². The fraction of sp³-hybridized carbons (Fsp3) is 0.0588. The minimum absolute atomic E-state index is 0.0873. The smallest absolute Gasteiger partial charge is 0.293 e. The molecule has 0 spiro atoms. The highest BCUT2D eigenvalue weighted by molar-refractivity contribution is 8.18. The number of carbonyl (C=O) groups excluding carboxylic acids is 2. The predicted molar refractivity (Wildman–Crippen MR) is 86.0 cm³/mol. The van der Waals surface area contributed by atoms with E-state index < -0.39 is 5.91 Å². The Morgan fingerprint density at radius 1 is 1.13 bits per heavy atom. The molecule has 3 rings (SSSR count). The number of phenols is 1. The predicted octanol–water partition coefficient (Wildman–Crippen LogP) is 3.77. The standard InChI is InChI=1S/C17H12FNO3S/c18-13-6-4-11(5-7-13)10-19-16(21)15(23-17(19)22)9-12-2-1-3-14(20)8-12/h1-9,20H,10H2/b15-9+. The van der Waals surface area contributed by atoms with Gasteiger partial charge in [-0.3, -0.25) is 14.5 Å². The van der Waals surface area contributed by atoms with Crippen molar-refractivity contribution in [2.24, 2.45) is 0 Å². The van der Waals surface area contributed by atoms with Gasteiger partial charge < -0.3 is 5.11 Å². The van der Waals surface area contributed by atoms with Crippen LogP contribution in [-0.2, 0) is 11.3 Å². The molecule has 23 heavy (non-hydrogen) atoms. The zero-order valence-electron chi connectivity index (χ0n) is 11.9. The van der Waals surface area contributed by atoms with Crippen LogP contribution in [0.15, 0.2) is 53.4 Å². The molecule has 1 N–H and O–H groups in total. The summed E-state index contributed by atoms with van der Waals surface area (Å²) in [6.45, 7) is 0.0995. The first-order valence-corrected chi connectivity index (χ1v) is 7.63. The number of carbonyl (C=O) groups is 2. The summed E-state index contributed by atoms with van der Waals surface area (Å²) in [5.74, 6) is -0.677. The van der Waals surface area contributed by atoms with Crippen molar-refractivity contribution >= 4 is 29.0 Å². The third-order valence-corrected chi connectivity index (χ3v) is 4.20. The lowest BCUT2D eigenvalue weighted by Gasteiger charge is -2.12. The van der Waals surface area contributed by atoms with E-state index in [0.717, 1.165) is 16.7 Å². The topological polar surface area (TPSA) is 57.6 Å². The second kappa shape index (κ2) is 6.26. The molecule has 116 valence electrons. The van der Waals surface area contributed by atoms with Gasteiger partial charge in [0.05, 0.1) is 11.4 Å². The second-order valence-corrected chi connectivity index (χ2v) is 5.98. The number of hydrogen-bond acceptors (Lipinski definition) is 4. The maximum Gasteiger partial charge on any atom is 0.293 e. The number of amides is 2. The third kappa shape index (κ3) is 3.43. The Kier molecular flexibility index (Phi) is 4.16. The Labute approximate surface area is 136 Å². The monoisotopic (exact) mass is 329 g/mol. The Hall–Kier alpha value is -2.60. The largest absolute Gasteiger partial charge is 0.508 e. The van der Waals surface area contributed by atoms with E-state index in [1.165, 1.54) is 36.4 Å². The number of hydrogen-bond donors (Lipinski definition) is 1. The first-order valence-electron chi connectivity index (χ1n) is 6.82. The van der Waals surface area contributed by atoms with Gasteiger partial charge in [-0.2, -0.15) is 0 Å². The lowest BCUT2D eigenvalue weighted by molar-refractivity contribution is -0.123. The molecule has 2 aromatic rings. The van der Waals surface area contributed by atoms with Crippen molar-refractivity contribution in [2.75, 3.05) is 0 Å². The molecule has 1 heterocycles. The van der Waals surface area contributed by atoms with Crippen molar-refractivity contribution in [3.05, 3.63) is 70.4 Å². The number of thioether (sulfide) groups is 1. The Morgan fingerprint density at radius 3 is 2.57 bits per heavy atom. The first kappa shape index (κ1) is 15.3. The van der Waals surface area contributed by atoms with E-state index in [0.29, 0.717) is 16.0 Å². The van der Waals surface area contributed by atoms with Gasteiger partial charge in [-0.05, 0) is 53.2 Å². The van der Waals surface area contributed by atoms with Crippen LogP contribution in [0, 0.1) is 5.82 Å². The van der Waals surface area contributed by atoms with E-state index in [9.17, 15) is 19.1 Å². The highest BCUT2D eigenvalue weighted by atomic mass is 32.2. The van der Waals surface area contributed by atoms with Crippen molar-refractivity contribution in [1.29, 1.82) is 0 Å². The zero-order valence-corrected chi connectivity index (χ0v) is 12.7. The van der Waals surface area contributed by atoms with Crippen LogP contribution < -0.4 is 0 Å². The molecule has 1 fully saturated rings. The van der Waals surface area contributed by atoms with Gasteiger partial charge >= 0.3 is 0 Å². The average molecular weight is 329 g/mol. The van der Waals surface area contributed by atoms with E-state index >= 15 is 0 Å². The van der Waals surface area contributed by atoms with Crippen LogP contribution in [0.5, 0.6) is 5.75 Å². The van der Waals surface area contributed by atoms with E-state index in [2.05, 4.69) is 0 Å². The van der Waals surface area contributed by atoms with Crippen LogP contribution in [-0.4, -0.2) is 21.2 Å². The molecule has 6 heteroatoms. The highest BCUT2D eigenvalue weighted by Crippen LogP contribution is 2.33. The van der Waals surface area contributed by atoms with Gasteiger partial charge in [-0.25, -0.2) is 4.39 Å². The number of aromatic hydroxyl groups is 1. The summed E-state index contributed by atoms with van der Waals surface area (Å²) in [5.41, 5.74) is 1.31. The Balaban J connectivity index is 1.81. The minimum Gasteiger partial charge on any atom is -0.508 e. The molecule has 0 radical (unpaired) electrons. The van der Waals surface area contributed by atoms with Crippen LogP contribution >= 0.6 is 11.8 Å². The molecule has 0 bridgehead atoms. The normalized spacial score (nSPS) is 16.4. The third-order valence-electron chi connectivity index (χ3n) is 3.30. The highest BCUT2D eigenvalue weighted by Gasteiger charge is 2.34. The summed E-state index contributed by atoms with van der Waals surface area (Å²) >= 11 is 0.848. The molecule has 0 atom stereocenters. The number of rotatable bonds is 3. The number of imide groups is 1. The van der Waals surface area contributed by atoms with Crippen molar-refractivity contribution in [3.63, 3.8) is 0 Å². The summed E-state index contributed by atoms with van der Waals surface area (Å²) < 4.78 is 12.9. The van der Waals surface area contributed by atoms with Gasteiger partial charge in [0, 0.05) is 0 Å². The maximum absolute atomic E-state index is 12.9. The van der Waals surface area contributed by atoms with E-state index in [1.807, 2.05) is 0 Å². The number of benzene rings is 2. The van der Waals surface area contributed by atoms with Gasteiger partial charge in [0.2, 0.25) is 0 Å². The van der Waals surface area contributed by atoms with Gasteiger partial charge in [0.1, 0.15) is 11.6 Å². The molecule has 2 amide bonds. The molecule has 4 nitrogen and oxygen atoms in total. The van der Waals surface area contributed by atoms with Crippen LogP contribution in [0.1, 0.15) is 11.1 Å². The lowest BCUT2D eigenvalue weighted by Crippen LogP contribution is -2.27. The number of nitrogens with zero attached hydrogens (tertiary/aromatic N) is 1. The molecule has 1 aliphatic rings. The van der Waals surface area contributed by atoms with Crippen molar-refractivity contribution in [1.82, 2.24) is 4.90 Å². The first-order chi connectivity index (χ1) is 11.0. The van der Waals surface area contributed by atoms with Gasteiger partial charge in [0.25, 0.3) is 11.1 Å². The van der Waals surface area contributed by atoms with Crippen molar-refractivity contribution in [3.8, 4) is 5.75 Å². The van der Waals surface area contributed by atoms with Crippen LogP contribution in [0.25, 0.3) is 6.08 Å². The summed E-state index contributed by atoms with van der Waals surface area (Å²) in [4.78, 5) is 25.8. The minimum atomic E-state index is -0.396. The van der Waals surface area contributed by atoms with Crippen molar-refractivity contribution in [2.45, 2.75) is 6.54 Å². The molecular formula is C17H12FNO3S. The summed E-state index contributed by atoms with van der Waals surface area (Å²) in [6.07, 6.45) is 1.56. The molecule has 0 saturated carbocycles. The molecule has 1 aliphatic heterocycles. The molecule has 0 unspecified atom stereocenters. The number of phenolic OH excluding ortho intramolecular Hbond substituents is 1. The molecular weight excluding hydrogens is 317 g/mol. The van der Waals surface area contributed by atoms with Crippen LogP contribution in [0.4, 0.5) is 9.18 Å². The van der Waals surface area contributed by atoms with Gasteiger partial charge in [0.15, 0.2) is 0 Å². The molecule has 1 saturated heterocycles. The van der Waals surface area contributed by atoms with E-state index in [-0.39, 0.29) is 23.4 Å². The molecule has 0 aliphatic carbocycles.